The predicted molar refractivity (Wildman–Crippen MR) is 88.0 cm³/mol. The topological polar surface area (TPSA) is 47.6 Å². The van der Waals surface area contributed by atoms with Gasteiger partial charge in [0, 0.05) is 0 Å². The minimum Gasteiger partial charge on any atom is -0.493 e. The van der Waals surface area contributed by atoms with E-state index in [-0.39, 0.29) is 12.5 Å². The average Bonchev–Trinajstić information content (AvgIpc) is 2.49. The minimum atomic E-state index is -0.278. The number of benzene rings is 2. The van der Waals surface area contributed by atoms with E-state index < -0.39 is 0 Å². The summed E-state index contributed by atoms with van der Waals surface area (Å²) in [6.45, 7) is 3.73. The number of hydrogen-bond donors (Lipinski definition) is 1. The summed E-state index contributed by atoms with van der Waals surface area (Å²) in [5.41, 5.74) is 2.57. The molecule has 116 valence electrons. The standard InChI is InChI=1S/C17H18ClNO3/c1-11-8-12(2)17(13(18)9-11)19-16(20)10-22-15-7-5-4-6-14(15)21-3/h4-9H,10H2,1-3H3,(H,19,20). The maximum Gasteiger partial charge on any atom is 0.262 e. The number of carbonyl (C=O) groups is 1. The van der Waals surface area contributed by atoms with Crippen molar-refractivity contribution in [2.24, 2.45) is 0 Å². The number of rotatable bonds is 5. The van der Waals surface area contributed by atoms with Crippen molar-refractivity contribution in [3.8, 4) is 11.5 Å². The molecule has 1 amide bonds. The van der Waals surface area contributed by atoms with Gasteiger partial charge in [0.1, 0.15) is 0 Å². The molecule has 0 aliphatic carbocycles. The van der Waals surface area contributed by atoms with Crippen molar-refractivity contribution in [2.45, 2.75) is 13.8 Å². The first-order chi connectivity index (χ1) is 10.5. The summed E-state index contributed by atoms with van der Waals surface area (Å²) in [5.74, 6) is 0.825. The molecule has 4 nitrogen and oxygen atoms in total. The van der Waals surface area contributed by atoms with Gasteiger partial charge in [-0.05, 0) is 43.2 Å². The molecule has 22 heavy (non-hydrogen) atoms. The SMILES string of the molecule is COc1ccccc1OCC(=O)Nc1c(C)cc(C)cc1Cl. The number of anilines is 1. The van der Waals surface area contributed by atoms with Gasteiger partial charge < -0.3 is 14.8 Å². The lowest BCUT2D eigenvalue weighted by Crippen LogP contribution is -2.21. The summed E-state index contributed by atoms with van der Waals surface area (Å²) >= 11 is 6.17. The molecule has 2 rings (SSSR count). The highest BCUT2D eigenvalue weighted by Gasteiger charge is 2.11. The molecule has 0 aliphatic rings. The third-order valence-corrected chi connectivity index (χ3v) is 3.42. The number of para-hydroxylation sites is 2. The van der Waals surface area contributed by atoms with Crippen LogP contribution in [0, 0.1) is 13.8 Å². The summed E-state index contributed by atoms with van der Waals surface area (Å²) in [6, 6.07) is 10.9. The fourth-order valence-corrected chi connectivity index (χ4v) is 2.50. The van der Waals surface area contributed by atoms with Crippen molar-refractivity contribution in [1.29, 1.82) is 0 Å². The number of ether oxygens (including phenoxy) is 2. The van der Waals surface area contributed by atoms with Gasteiger partial charge in [0.2, 0.25) is 0 Å². The number of carbonyl (C=O) groups excluding carboxylic acids is 1. The summed E-state index contributed by atoms with van der Waals surface area (Å²) in [5, 5.41) is 3.29. The summed E-state index contributed by atoms with van der Waals surface area (Å²) in [4.78, 5) is 12.0. The van der Waals surface area contributed by atoms with Crippen LogP contribution in [0.3, 0.4) is 0 Å². The third kappa shape index (κ3) is 3.92. The van der Waals surface area contributed by atoms with E-state index in [2.05, 4.69) is 5.32 Å². The molecule has 0 radical (unpaired) electrons. The van der Waals surface area contributed by atoms with Gasteiger partial charge in [0.15, 0.2) is 18.1 Å². The fraction of sp³-hybridized carbons (Fsp3) is 0.235. The van der Waals surface area contributed by atoms with Gasteiger partial charge in [0.25, 0.3) is 5.91 Å². The Morgan fingerprint density at radius 1 is 1.18 bits per heavy atom. The van der Waals surface area contributed by atoms with Gasteiger partial charge in [-0.2, -0.15) is 0 Å². The number of aryl methyl sites for hydroxylation is 2. The van der Waals surface area contributed by atoms with E-state index in [0.29, 0.717) is 22.2 Å². The molecule has 2 aromatic rings. The first kappa shape index (κ1) is 16.2. The van der Waals surface area contributed by atoms with E-state index in [9.17, 15) is 4.79 Å². The van der Waals surface area contributed by atoms with Gasteiger partial charge in [-0.25, -0.2) is 0 Å². The van der Waals surface area contributed by atoms with Crippen LogP contribution in [0.1, 0.15) is 11.1 Å². The van der Waals surface area contributed by atoms with Gasteiger partial charge in [0.05, 0.1) is 17.8 Å². The first-order valence-electron chi connectivity index (χ1n) is 6.83. The second kappa shape index (κ2) is 7.18. The van der Waals surface area contributed by atoms with Gasteiger partial charge in [-0.15, -0.1) is 0 Å². The number of halogens is 1. The molecule has 5 heteroatoms. The fourth-order valence-electron chi connectivity index (χ4n) is 2.13. The van der Waals surface area contributed by atoms with Crippen LogP contribution in [0.15, 0.2) is 36.4 Å². The molecule has 0 fully saturated rings. The molecule has 0 aliphatic heterocycles. The lowest BCUT2D eigenvalue weighted by atomic mass is 10.1. The quantitative estimate of drug-likeness (QED) is 0.906. The normalized spacial score (nSPS) is 10.2. The molecule has 2 aromatic carbocycles. The van der Waals surface area contributed by atoms with Crippen LogP contribution in [0.4, 0.5) is 5.69 Å². The Morgan fingerprint density at radius 2 is 1.86 bits per heavy atom. The van der Waals surface area contributed by atoms with E-state index in [4.69, 9.17) is 21.1 Å². The lowest BCUT2D eigenvalue weighted by Gasteiger charge is -2.13. The van der Waals surface area contributed by atoms with Gasteiger partial charge >= 0.3 is 0 Å². The average molecular weight is 320 g/mol. The number of methoxy groups -OCH3 is 1. The maximum absolute atomic E-state index is 12.0. The second-order valence-electron chi connectivity index (χ2n) is 4.93. The number of hydrogen-bond acceptors (Lipinski definition) is 3. The maximum atomic E-state index is 12.0. The largest absolute Gasteiger partial charge is 0.493 e. The molecule has 0 saturated heterocycles. The number of amides is 1. The van der Waals surface area contributed by atoms with Crippen LogP contribution >= 0.6 is 11.6 Å². The zero-order valence-corrected chi connectivity index (χ0v) is 13.5. The highest BCUT2D eigenvalue weighted by atomic mass is 35.5. The van der Waals surface area contributed by atoms with Gasteiger partial charge in [-0.1, -0.05) is 29.8 Å². The van der Waals surface area contributed by atoms with E-state index in [1.165, 1.54) is 0 Å². The van der Waals surface area contributed by atoms with Crippen LogP contribution in [0.25, 0.3) is 0 Å². The Labute approximate surface area is 135 Å². The Morgan fingerprint density at radius 3 is 2.50 bits per heavy atom. The van der Waals surface area contributed by atoms with E-state index >= 15 is 0 Å². The highest BCUT2D eigenvalue weighted by Crippen LogP contribution is 2.28. The van der Waals surface area contributed by atoms with Crippen molar-refractivity contribution in [3.63, 3.8) is 0 Å². The van der Waals surface area contributed by atoms with Crippen LogP contribution < -0.4 is 14.8 Å². The molecule has 0 spiro atoms. The second-order valence-corrected chi connectivity index (χ2v) is 5.33. The summed E-state index contributed by atoms with van der Waals surface area (Å²) < 4.78 is 10.7. The zero-order valence-electron chi connectivity index (χ0n) is 12.8. The van der Waals surface area contributed by atoms with Crippen molar-refractivity contribution in [1.82, 2.24) is 0 Å². The third-order valence-electron chi connectivity index (χ3n) is 3.12. The zero-order chi connectivity index (χ0) is 16.1. The van der Waals surface area contributed by atoms with Crippen LogP contribution in [0.5, 0.6) is 11.5 Å². The Bertz CT molecular complexity index is 662. The van der Waals surface area contributed by atoms with Crippen LogP contribution in [-0.2, 0) is 4.79 Å². The van der Waals surface area contributed by atoms with Crippen molar-refractivity contribution >= 4 is 23.2 Å². The molecule has 0 atom stereocenters. The Balaban J connectivity index is 2.02. The monoisotopic (exact) mass is 319 g/mol. The summed E-state index contributed by atoms with van der Waals surface area (Å²) in [6.07, 6.45) is 0. The van der Waals surface area contributed by atoms with Crippen molar-refractivity contribution in [3.05, 3.63) is 52.5 Å². The number of nitrogens with one attached hydrogen (secondary N) is 1. The Hall–Kier alpha value is -2.20. The van der Waals surface area contributed by atoms with Crippen molar-refractivity contribution < 1.29 is 14.3 Å². The molecule has 0 unspecified atom stereocenters. The summed E-state index contributed by atoms with van der Waals surface area (Å²) in [7, 11) is 1.55. The predicted octanol–water partition coefficient (Wildman–Crippen LogP) is 3.98. The Kier molecular flexibility index (Phi) is 5.28. The van der Waals surface area contributed by atoms with Crippen LogP contribution in [-0.4, -0.2) is 19.6 Å². The smallest absolute Gasteiger partial charge is 0.262 e. The molecular formula is C17H18ClNO3. The molecule has 0 aromatic heterocycles. The van der Waals surface area contributed by atoms with E-state index in [1.807, 2.05) is 38.1 Å². The minimum absolute atomic E-state index is 0.121. The molecule has 1 N–H and O–H groups in total. The van der Waals surface area contributed by atoms with Gasteiger partial charge in [-0.3, -0.25) is 4.79 Å². The molecular weight excluding hydrogens is 302 g/mol. The molecule has 0 saturated carbocycles. The molecule has 0 heterocycles. The van der Waals surface area contributed by atoms with E-state index in [0.717, 1.165) is 11.1 Å². The lowest BCUT2D eigenvalue weighted by molar-refractivity contribution is -0.118. The first-order valence-corrected chi connectivity index (χ1v) is 7.21. The highest BCUT2D eigenvalue weighted by molar-refractivity contribution is 6.34. The van der Waals surface area contributed by atoms with Crippen LogP contribution in [0.2, 0.25) is 5.02 Å². The van der Waals surface area contributed by atoms with Crippen molar-refractivity contribution in [2.75, 3.05) is 19.0 Å². The molecule has 0 bridgehead atoms. The van der Waals surface area contributed by atoms with E-state index in [1.54, 1.807) is 19.2 Å².